The van der Waals surface area contributed by atoms with Crippen LogP contribution in [0.15, 0.2) is 322 Å². The molecule has 0 saturated carbocycles. The predicted octanol–water partition coefficient (Wildman–Crippen LogP) is 25.2. The largest absolute Gasteiger partial charge is 0.309 e. The molecule has 0 atom stereocenters. The number of hydrogen-bond donors (Lipinski definition) is 0. The smallest absolute Gasteiger partial charge is 0.238 e. The van der Waals surface area contributed by atoms with Gasteiger partial charge in [-0.25, -0.2) is 4.98 Å². The maximum absolute atomic E-state index is 5.67. The first-order valence-corrected chi connectivity index (χ1v) is 34.7. The number of nitrogens with zero attached hydrogens (tertiary/aromatic N) is 5. The second-order valence-corrected chi connectivity index (χ2v) is 28.1. The summed E-state index contributed by atoms with van der Waals surface area (Å²) in [6, 6.07) is 118. The lowest BCUT2D eigenvalue weighted by Gasteiger charge is -2.31. The van der Waals surface area contributed by atoms with Crippen molar-refractivity contribution in [1.82, 2.24) is 19.5 Å². The second-order valence-electron chi connectivity index (χ2n) is 28.1. The summed E-state index contributed by atoms with van der Waals surface area (Å²) in [4.78, 5) is 19.2. The van der Waals surface area contributed by atoms with Gasteiger partial charge in [-0.3, -0.25) is 4.57 Å². The summed E-state index contributed by atoms with van der Waals surface area (Å²) in [6.07, 6.45) is 0. The normalized spacial score (nSPS) is 13.4. The molecule has 2 aromatic heterocycles. The van der Waals surface area contributed by atoms with Gasteiger partial charge in [0.15, 0.2) is 11.6 Å². The molecule has 5 heteroatoms. The first-order valence-electron chi connectivity index (χ1n) is 34.7. The number of anilines is 3. The minimum absolute atomic E-state index is 0.201. The van der Waals surface area contributed by atoms with Crippen molar-refractivity contribution in [3.63, 3.8) is 0 Å². The van der Waals surface area contributed by atoms with Crippen molar-refractivity contribution in [2.75, 3.05) is 4.90 Å². The Labute approximate surface area is 580 Å². The van der Waals surface area contributed by atoms with Gasteiger partial charge in [0.1, 0.15) is 0 Å². The van der Waals surface area contributed by atoms with Gasteiger partial charge < -0.3 is 4.90 Å². The maximum atomic E-state index is 5.67. The third-order valence-electron chi connectivity index (χ3n) is 22.0. The molecule has 2 aliphatic rings. The molecular weight excluding hydrogens is 1210 g/mol. The quantitative estimate of drug-likeness (QED) is 0.135. The Morgan fingerprint density at radius 1 is 0.280 bits per heavy atom. The molecule has 16 aromatic carbocycles. The topological polar surface area (TPSA) is 46.8 Å². The summed E-state index contributed by atoms with van der Waals surface area (Å²) in [5, 5.41) is 14.5. The van der Waals surface area contributed by atoms with Crippen molar-refractivity contribution >= 4 is 92.7 Å². The molecule has 470 valence electrons. The SMILES string of the molecule is CC1(C)c2ccccc2-c2ccc(N(c3ccccc3-c3ccccc3)c3ccc(-c4ccc5c(c4)c4c6c(c7ccccc7c4n5-c4nc(-c5ccccc5)nc(-c5cccc(-c7ccccc7)c5)n4)-c4cc5c7ccccc7c7ccccc7c5cc4C6(C)C)c4ccccc34)cc21. The van der Waals surface area contributed by atoms with Crippen molar-refractivity contribution in [3.05, 3.63) is 344 Å². The van der Waals surface area contributed by atoms with Crippen molar-refractivity contribution in [1.29, 1.82) is 0 Å². The summed E-state index contributed by atoms with van der Waals surface area (Å²) in [5.74, 6) is 1.74. The highest BCUT2D eigenvalue weighted by Gasteiger charge is 2.42. The van der Waals surface area contributed by atoms with E-state index in [0.29, 0.717) is 17.6 Å². The molecule has 0 unspecified atom stereocenters. The molecule has 0 spiro atoms. The minimum Gasteiger partial charge on any atom is -0.309 e. The van der Waals surface area contributed by atoms with Crippen LogP contribution in [-0.4, -0.2) is 19.5 Å². The molecule has 0 bridgehead atoms. The van der Waals surface area contributed by atoms with E-state index in [2.05, 4.69) is 353 Å². The van der Waals surface area contributed by atoms with Crippen LogP contribution in [0.1, 0.15) is 49.9 Å². The lowest BCUT2D eigenvalue weighted by atomic mass is 9.79. The summed E-state index contributed by atoms with van der Waals surface area (Å²) < 4.78 is 2.37. The molecule has 2 heterocycles. The second kappa shape index (κ2) is 22.0. The van der Waals surface area contributed by atoms with E-state index in [1.165, 1.54) is 87.6 Å². The van der Waals surface area contributed by atoms with E-state index in [9.17, 15) is 0 Å². The van der Waals surface area contributed by atoms with Gasteiger partial charge in [-0.15, -0.1) is 0 Å². The number of fused-ring (bicyclic) bond motifs is 20. The number of hydrogen-bond acceptors (Lipinski definition) is 4. The summed E-state index contributed by atoms with van der Waals surface area (Å²) in [7, 11) is 0. The molecule has 0 aliphatic heterocycles. The van der Waals surface area contributed by atoms with Gasteiger partial charge >= 0.3 is 0 Å². The van der Waals surface area contributed by atoms with Crippen molar-refractivity contribution < 1.29 is 0 Å². The molecule has 5 nitrogen and oxygen atoms in total. The minimum atomic E-state index is -0.482. The van der Waals surface area contributed by atoms with Crippen LogP contribution in [-0.2, 0) is 10.8 Å². The van der Waals surface area contributed by atoms with Crippen molar-refractivity contribution in [3.8, 4) is 84.4 Å². The zero-order valence-electron chi connectivity index (χ0n) is 55.8. The average Bonchev–Trinajstić information content (AvgIpc) is 1.51. The van der Waals surface area contributed by atoms with Crippen molar-refractivity contribution in [2.24, 2.45) is 0 Å². The fraction of sp³-hybridized carbons (Fsp3) is 0.0632. The number of aromatic nitrogens is 4. The van der Waals surface area contributed by atoms with Crippen LogP contribution in [0.4, 0.5) is 17.1 Å². The van der Waals surface area contributed by atoms with Crippen LogP contribution in [0.5, 0.6) is 0 Å². The van der Waals surface area contributed by atoms with Gasteiger partial charge in [-0.1, -0.05) is 295 Å². The summed E-state index contributed by atoms with van der Waals surface area (Å²) in [6.45, 7) is 9.66. The maximum Gasteiger partial charge on any atom is 0.238 e. The first kappa shape index (κ1) is 57.7. The third-order valence-corrected chi connectivity index (χ3v) is 22.0. The Kier molecular flexibility index (Phi) is 12.7. The highest BCUT2D eigenvalue weighted by molar-refractivity contribution is 6.30. The number of rotatable bonds is 9. The zero-order valence-corrected chi connectivity index (χ0v) is 55.8. The lowest BCUT2D eigenvalue weighted by Crippen LogP contribution is -2.17. The van der Waals surface area contributed by atoms with E-state index in [4.69, 9.17) is 15.0 Å². The van der Waals surface area contributed by atoms with Gasteiger partial charge in [-0.05, 0) is 170 Å². The van der Waals surface area contributed by atoms with Gasteiger partial charge in [0, 0.05) is 54.8 Å². The van der Waals surface area contributed by atoms with Crippen LogP contribution in [0.3, 0.4) is 0 Å². The molecule has 18 aromatic rings. The summed E-state index contributed by atoms with van der Waals surface area (Å²) >= 11 is 0. The van der Waals surface area contributed by atoms with E-state index in [1.807, 2.05) is 6.07 Å². The Morgan fingerprint density at radius 2 is 0.810 bits per heavy atom. The average molecular weight is 1280 g/mol. The molecule has 2 aliphatic carbocycles. The molecule has 0 saturated heterocycles. The molecular formula is C95H65N5. The van der Waals surface area contributed by atoms with Crippen LogP contribution in [0.25, 0.3) is 160 Å². The number of para-hydroxylation sites is 1. The van der Waals surface area contributed by atoms with E-state index < -0.39 is 5.41 Å². The Bertz CT molecular complexity index is 6460. The highest BCUT2D eigenvalue weighted by Crippen LogP contribution is 2.59. The first-order chi connectivity index (χ1) is 49.1. The third kappa shape index (κ3) is 8.58. The van der Waals surface area contributed by atoms with Gasteiger partial charge in [0.2, 0.25) is 5.95 Å². The Hall–Kier alpha value is -12.6. The van der Waals surface area contributed by atoms with Crippen LogP contribution in [0.2, 0.25) is 0 Å². The van der Waals surface area contributed by atoms with Crippen molar-refractivity contribution in [2.45, 2.75) is 38.5 Å². The van der Waals surface area contributed by atoms with Crippen LogP contribution < -0.4 is 4.90 Å². The van der Waals surface area contributed by atoms with Gasteiger partial charge in [0.25, 0.3) is 0 Å². The monoisotopic (exact) mass is 1280 g/mol. The van der Waals surface area contributed by atoms with Crippen LogP contribution >= 0.6 is 0 Å². The fourth-order valence-electron chi connectivity index (χ4n) is 17.3. The van der Waals surface area contributed by atoms with Crippen LogP contribution in [0, 0.1) is 0 Å². The molecule has 0 N–H and O–H groups in total. The molecule has 100 heavy (non-hydrogen) atoms. The molecule has 20 rings (SSSR count). The Balaban J connectivity index is 0.862. The number of benzene rings is 16. The van der Waals surface area contributed by atoms with Gasteiger partial charge in [-0.2, -0.15) is 9.97 Å². The zero-order chi connectivity index (χ0) is 66.5. The Morgan fingerprint density at radius 3 is 1.53 bits per heavy atom. The molecule has 0 radical (unpaired) electrons. The molecule has 0 fully saturated rings. The standard InChI is InChI=1S/C95H65N5/c1-94(2)81-45-24-22-41-72(81)73-49-48-64(55-82(73)94)99(84-46-25-23-35-66(84)59-29-10-6-11-30-59)85-52-50-65(67-36-18-19-42-74(67)85)62-47-51-86-80(54-62)88-89-87(79-56-77-70-39-16-14-37-68(70)69-38-15-17-40-71(69)78(77)57-83(79)95(89,3)4)75-43-20-21-44-76(75)90(88)100(86)93-97-91(60-31-12-7-13-32-60)96-92(98-93)63-34-26-33-61(53-63)58-27-8-5-9-28-58/h5-57H,1-4H3. The predicted molar refractivity (Wildman–Crippen MR) is 419 cm³/mol. The lowest BCUT2D eigenvalue weighted by molar-refractivity contribution is 0.660. The fourth-order valence-corrected chi connectivity index (χ4v) is 17.3. The summed E-state index contributed by atoms with van der Waals surface area (Å²) in [5.41, 5.74) is 23.7. The van der Waals surface area contributed by atoms with E-state index >= 15 is 0 Å². The molecule has 0 amide bonds. The van der Waals surface area contributed by atoms with E-state index in [0.717, 1.165) is 94.1 Å². The van der Waals surface area contributed by atoms with E-state index in [-0.39, 0.29) is 5.41 Å². The van der Waals surface area contributed by atoms with Gasteiger partial charge in [0.05, 0.1) is 22.4 Å². The highest BCUT2D eigenvalue weighted by atomic mass is 15.2. The van der Waals surface area contributed by atoms with E-state index in [1.54, 1.807) is 0 Å².